The summed E-state index contributed by atoms with van der Waals surface area (Å²) in [6.45, 7) is 4.53. The van der Waals surface area contributed by atoms with Gasteiger partial charge >= 0.3 is 12.1 Å². The van der Waals surface area contributed by atoms with Crippen molar-refractivity contribution in [2.24, 2.45) is 5.92 Å². The number of esters is 1. The summed E-state index contributed by atoms with van der Waals surface area (Å²) in [4.78, 5) is 11.4. The van der Waals surface area contributed by atoms with Crippen LogP contribution in [0.3, 0.4) is 0 Å². The number of hydrogen-bond donors (Lipinski definition) is 1. The lowest BCUT2D eigenvalue weighted by molar-refractivity contribution is -0.169. The molecule has 0 heterocycles. The maximum absolute atomic E-state index is 11.9. The highest BCUT2D eigenvalue weighted by molar-refractivity contribution is 5.79. The summed E-state index contributed by atoms with van der Waals surface area (Å²) in [6, 6.07) is 0. The van der Waals surface area contributed by atoms with Gasteiger partial charge in [-0.1, -0.05) is 6.92 Å². The minimum atomic E-state index is -4.20. The van der Waals surface area contributed by atoms with Crippen LogP contribution in [0.25, 0.3) is 0 Å². The molecule has 17 heavy (non-hydrogen) atoms. The van der Waals surface area contributed by atoms with Gasteiger partial charge < -0.3 is 9.84 Å². The second-order valence-electron chi connectivity index (χ2n) is 4.28. The molecule has 0 bridgehead atoms. The van der Waals surface area contributed by atoms with Gasteiger partial charge in [-0.05, 0) is 32.6 Å². The Bertz CT molecular complexity index is 249. The average molecular weight is 256 g/mol. The minimum absolute atomic E-state index is 0.111. The number of rotatable bonds is 6. The standard InChI is InChI=1S/C11H19F3O3/c1-4-17-9(15)10(3,16)8(2)6-5-7-11(12,13)14/h8,16H,4-7H2,1-3H3. The van der Waals surface area contributed by atoms with Gasteiger partial charge in [0.15, 0.2) is 5.60 Å². The van der Waals surface area contributed by atoms with Gasteiger partial charge in [-0.3, -0.25) is 0 Å². The van der Waals surface area contributed by atoms with E-state index >= 15 is 0 Å². The SMILES string of the molecule is CCOC(=O)C(C)(O)C(C)CCCC(F)(F)F. The van der Waals surface area contributed by atoms with Crippen molar-refractivity contribution in [2.75, 3.05) is 6.61 Å². The normalized spacial score (nSPS) is 17.4. The van der Waals surface area contributed by atoms with Crippen molar-refractivity contribution in [1.29, 1.82) is 0 Å². The lowest BCUT2D eigenvalue weighted by Gasteiger charge is -2.27. The number of halogens is 3. The van der Waals surface area contributed by atoms with Crippen LogP contribution in [-0.2, 0) is 9.53 Å². The predicted molar refractivity (Wildman–Crippen MR) is 56.3 cm³/mol. The fourth-order valence-corrected chi connectivity index (χ4v) is 1.37. The Labute approximate surface area is 99.0 Å². The van der Waals surface area contributed by atoms with E-state index in [0.717, 1.165) is 0 Å². The molecule has 0 radical (unpaired) electrons. The van der Waals surface area contributed by atoms with Gasteiger partial charge in [-0.25, -0.2) is 4.79 Å². The van der Waals surface area contributed by atoms with Crippen LogP contribution < -0.4 is 0 Å². The van der Waals surface area contributed by atoms with E-state index in [1.165, 1.54) is 13.8 Å². The summed E-state index contributed by atoms with van der Waals surface area (Å²) in [6.07, 6.45) is -5.10. The monoisotopic (exact) mass is 256 g/mol. The highest BCUT2D eigenvalue weighted by Gasteiger charge is 2.38. The maximum atomic E-state index is 11.9. The Balaban J connectivity index is 4.20. The zero-order valence-corrected chi connectivity index (χ0v) is 10.3. The third-order valence-corrected chi connectivity index (χ3v) is 2.75. The quantitative estimate of drug-likeness (QED) is 0.743. The molecule has 0 saturated carbocycles. The number of alkyl halides is 3. The number of hydrogen-bond acceptors (Lipinski definition) is 3. The first-order valence-corrected chi connectivity index (χ1v) is 5.57. The molecule has 2 unspecified atom stereocenters. The molecule has 0 aliphatic heterocycles. The highest BCUT2D eigenvalue weighted by Crippen LogP contribution is 2.28. The molecule has 0 rings (SSSR count). The molecule has 0 amide bonds. The molecule has 0 saturated heterocycles. The van der Waals surface area contributed by atoms with Crippen molar-refractivity contribution in [3.63, 3.8) is 0 Å². The third kappa shape index (κ3) is 5.91. The molecule has 102 valence electrons. The smallest absolute Gasteiger partial charge is 0.389 e. The van der Waals surface area contributed by atoms with E-state index in [9.17, 15) is 23.1 Å². The Morgan fingerprint density at radius 1 is 1.41 bits per heavy atom. The van der Waals surface area contributed by atoms with Gasteiger partial charge in [0, 0.05) is 6.42 Å². The van der Waals surface area contributed by atoms with Crippen LogP contribution in [0.4, 0.5) is 13.2 Å². The van der Waals surface area contributed by atoms with Crippen molar-refractivity contribution >= 4 is 5.97 Å². The van der Waals surface area contributed by atoms with Gasteiger partial charge in [-0.15, -0.1) is 0 Å². The Kier molecular flexibility index (Phi) is 5.95. The summed E-state index contributed by atoms with van der Waals surface area (Å²) in [5.74, 6) is -1.37. The molecule has 0 aromatic carbocycles. The summed E-state index contributed by atoms with van der Waals surface area (Å²) >= 11 is 0. The van der Waals surface area contributed by atoms with Crippen LogP contribution in [0.5, 0.6) is 0 Å². The number of aliphatic hydroxyl groups is 1. The molecule has 0 aromatic rings. The molecular formula is C11H19F3O3. The largest absolute Gasteiger partial charge is 0.464 e. The van der Waals surface area contributed by atoms with Gasteiger partial charge in [0.25, 0.3) is 0 Å². The van der Waals surface area contributed by atoms with Crippen LogP contribution in [0.15, 0.2) is 0 Å². The summed E-state index contributed by atoms with van der Waals surface area (Å²) < 4.78 is 40.4. The molecule has 6 heteroatoms. The molecule has 1 N–H and O–H groups in total. The zero-order valence-electron chi connectivity index (χ0n) is 10.3. The Hall–Kier alpha value is -0.780. The first kappa shape index (κ1) is 16.2. The van der Waals surface area contributed by atoms with Crippen LogP contribution in [-0.4, -0.2) is 29.5 Å². The highest BCUT2D eigenvalue weighted by atomic mass is 19.4. The van der Waals surface area contributed by atoms with Gasteiger partial charge in [0.05, 0.1) is 6.61 Å². The average Bonchev–Trinajstić information content (AvgIpc) is 2.15. The Morgan fingerprint density at radius 3 is 2.35 bits per heavy atom. The zero-order chi connectivity index (χ0) is 13.7. The first-order valence-electron chi connectivity index (χ1n) is 5.57. The third-order valence-electron chi connectivity index (χ3n) is 2.75. The second-order valence-corrected chi connectivity index (χ2v) is 4.28. The molecule has 3 nitrogen and oxygen atoms in total. The van der Waals surface area contributed by atoms with E-state index in [-0.39, 0.29) is 19.4 Å². The van der Waals surface area contributed by atoms with Crippen molar-refractivity contribution in [3.8, 4) is 0 Å². The van der Waals surface area contributed by atoms with Crippen molar-refractivity contribution in [2.45, 2.75) is 51.8 Å². The lowest BCUT2D eigenvalue weighted by Crippen LogP contribution is -2.43. The molecule has 2 atom stereocenters. The second kappa shape index (κ2) is 6.23. The van der Waals surface area contributed by atoms with Crippen molar-refractivity contribution in [3.05, 3.63) is 0 Å². The summed E-state index contributed by atoms with van der Waals surface area (Å²) in [7, 11) is 0. The van der Waals surface area contributed by atoms with E-state index in [2.05, 4.69) is 4.74 Å². The van der Waals surface area contributed by atoms with Crippen molar-refractivity contribution in [1.82, 2.24) is 0 Å². The van der Waals surface area contributed by atoms with E-state index in [0.29, 0.717) is 0 Å². The minimum Gasteiger partial charge on any atom is -0.464 e. The lowest BCUT2D eigenvalue weighted by atomic mass is 9.86. The Morgan fingerprint density at radius 2 is 1.94 bits per heavy atom. The fourth-order valence-electron chi connectivity index (χ4n) is 1.37. The molecule has 0 spiro atoms. The van der Waals surface area contributed by atoms with Crippen LogP contribution >= 0.6 is 0 Å². The van der Waals surface area contributed by atoms with Crippen LogP contribution in [0.1, 0.15) is 40.0 Å². The van der Waals surface area contributed by atoms with Crippen LogP contribution in [0, 0.1) is 5.92 Å². The molecular weight excluding hydrogens is 237 g/mol. The van der Waals surface area contributed by atoms with Gasteiger partial charge in [0.2, 0.25) is 0 Å². The molecule has 0 fully saturated rings. The van der Waals surface area contributed by atoms with Crippen molar-refractivity contribution < 1.29 is 27.8 Å². The summed E-state index contributed by atoms with van der Waals surface area (Å²) in [5, 5.41) is 9.86. The fraction of sp³-hybridized carbons (Fsp3) is 0.909. The number of ether oxygens (including phenoxy) is 1. The van der Waals surface area contributed by atoms with E-state index in [4.69, 9.17) is 0 Å². The maximum Gasteiger partial charge on any atom is 0.389 e. The van der Waals surface area contributed by atoms with E-state index in [1.54, 1.807) is 6.92 Å². The predicted octanol–water partition coefficient (Wildman–Crippen LogP) is 2.67. The molecule has 0 aromatic heterocycles. The molecule has 0 aliphatic rings. The summed E-state index contributed by atoms with van der Waals surface area (Å²) in [5.41, 5.74) is -1.73. The van der Waals surface area contributed by atoms with Crippen LogP contribution in [0.2, 0.25) is 0 Å². The molecule has 0 aliphatic carbocycles. The van der Waals surface area contributed by atoms with E-state index in [1.807, 2.05) is 0 Å². The number of carbonyl (C=O) groups excluding carboxylic acids is 1. The first-order chi connectivity index (χ1) is 7.61. The van der Waals surface area contributed by atoms with Gasteiger partial charge in [-0.2, -0.15) is 13.2 Å². The van der Waals surface area contributed by atoms with Gasteiger partial charge in [0.1, 0.15) is 0 Å². The topological polar surface area (TPSA) is 46.5 Å². The van der Waals surface area contributed by atoms with E-state index < -0.39 is 30.1 Å². The number of carbonyl (C=O) groups is 1.